The van der Waals surface area contributed by atoms with Gasteiger partial charge in [-0.3, -0.25) is 19.0 Å². The number of aromatic nitrogens is 7. The van der Waals surface area contributed by atoms with Gasteiger partial charge in [0.1, 0.15) is 11.9 Å². The maximum Gasteiger partial charge on any atom is 0.240 e. The standard InChI is InChI=1S/C26H34N8O3/c1-7-36-25-20-8-9-23-28-11-19-10-27-21(13-33(19)23)24-18(4)29-32(6)26(24)37-17(3)12-31(5)14-22(20)34(30-25)16(2)15-35/h8-11,13,16-17,35H,7,12,14-15H2,1-6H3/b9-8+/t16-,17-/m0/s1. The van der Waals surface area contributed by atoms with Crippen LogP contribution in [0.15, 0.2) is 18.6 Å². The minimum absolute atomic E-state index is 0.0318. The lowest BCUT2D eigenvalue weighted by Gasteiger charge is -2.24. The average molecular weight is 507 g/mol. The van der Waals surface area contributed by atoms with Crippen molar-refractivity contribution < 1.29 is 14.6 Å². The quantitative estimate of drug-likeness (QED) is 0.450. The van der Waals surface area contributed by atoms with Crippen LogP contribution < -0.4 is 9.47 Å². The number of nitrogens with zero attached hydrogens (tertiary/aromatic N) is 8. The highest BCUT2D eigenvalue weighted by Gasteiger charge is 2.25. The highest BCUT2D eigenvalue weighted by atomic mass is 16.5. The van der Waals surface area contributed by atoms with Crippen LogP contribution in [-0.2, 0) is 13.6 Å². The van der Waals surface area contributed by atoms with Gasteiger partial charge in [-0.15, -0.1) is 5.10 Å². The second-order valence-corrected chi connectivity index (χ2v) is 9.61. The summed E-state index contributed by atoms with van der Waals surface area (Å²) in [5.74, 6) is 1.96. The summed E-state index contributed by atoms with van der Waals surface area (Å²) in [6.07, 6.45) is 9.40. The van der Waals surface area contributed by atoms with Crippen molar-refractivity contribution in [2.24, 2.45) is 7.05 Å². The molecular weight excluding hydrogens is 472 g/mol. The molecule has 1 aliphatic rings. The molecule has 0 spiro atoms. The molecule has 0 aliphatic carbocycles. The molecule has 2 atom stereocenters. The van der Waals surface area contributed by atoms with Crippen LogP contribution in [0.3, 0.4) is 0 Å². The van der Waals surface area contributed by atoms with Gasteiger partial charge in [0.15, 0.2) is 0 Å². The van der Waals surface area contributed by atoms with E-state index in [0.717, 1.165) is 39.5 Å². The van der Waals surface area contributed by atoms with Gasteiger partial charge < -0.3 is 14.6 Å². The number of fused-ring (bicyclic) bond motifs is 4. The van der Waals surface area contributed by atoms with E-state index in [1.54, 1.807) is 10.9 Å². The maximum atomic E-state index is 9.94. The fourth-order valence-corrected chi connectivity index (χ4v) is 4.85. The van der Waals surface area contributed by atoms with Crippen LogP contribution in [0.2, 0.25) is 0 Å². The zero-order valence-electron chi connectivity index (χ0n) is 22.2. The Bertz CT molecular complexity index is 1450. The number of imidazole rings is 1. The molecule has 1 aliphatic heterocycles. The van der Waals surface area contributed by atoms with Gasteiger partial charge in [-0.25, -0.2) is 9.67 Å². The maximum absolute atomic E-state index is 9.94. The molecule has 4 aromatic heterocycles. The van der Waals surface area contributed by atoms with Crippen molar-refractivity contribution in [3.05, 3.63) is 41.4 Å². The minimum atomic E-state index is -0.207. The Morgan fingerprint density at radius 2 is 1.97 bits per heavy atom. The number of likely N-dealkylation sites (N-methyl/N-ethyl adjacent to an activating group) is 1. The van der Waals surface area contributed by atoms with Gasteiger partial charge in [-0.1, -0.05) is 0 Å². The molecule has 0 saturated heterocycles. The van der Waals surface area contributed by atoms with Crippen LogP contribution in [0.5, 0.6) is 11.8 Å². The molecule has 196 valence electrons. The van der Waals surface area contributed by atoms with E-state index in [1.165, 1.54) is 0 Å². The van der Waals surface area contributed by atoms with Crippen LogP contribution in [-0.4, -0.2) is 76.8 Å². The predicted octanol–water partition coefficient (Wildman–Crippen LogP) is 2.97. The third kappa shape index (κ3) is 4.60. The van der Waals surface area contributed by atoms with Gasteiger partial charge >= 0.3 is 0 Å². The smallest absolute Gasteiger partial charge is 0.240 e. The van der Waals surface area contributed by atoms with E-state index >= 15 is 0 Å². The molecule has 1 N–H and O–H groups in total. The first-order valence-electron chi connectivity index (χ1n) is 12.6. The summed E-state index contributed by atoms with van der Waals surface area (Å²) in [7, 11) is 3.93. The molecule has 0 radical (unpaired) electrons. The first-order valence-corrected chi connectivity index (χ1v) is 12.6. The third-order valence-corrected chi connectivity index (χ3v) is 6.55. The number of ether oxygens (including phenoxy) is 2. The summed E-state index contributed by atoms with van der Waals surface area (Å²) in [4.78, 5) is 11.5. The Kier molecular flexibility index (Phi) is 6.74. The van der Waals surface area contributed by atoms with E-state index < -0.39 is 0 Å². The Morgan fingerprint density at radius 3 is 2.73 bits per heavy atom. The van der Waals surface area contributed by atoms with E-state index in [9.17, 15) is 5.11 Å². The first kappa shape index (κ1) is 25.0. The summed E-state index contributed by atoms with van der Waals surface area (Å²) >= 11 is 0. The molecular formula is C26H34N8O3. The van der Waals surface area contributed by atoms with Crippen LogP contribution in [0.4, 0.5) is 0 Å². The zero-order valence-corrected chi connectivity index (χ0v) is 22.2. The number of aryl methyl sites for hydroxylation is 2. The van der Waals surface area contributed by atoms with Crippen molar-refractivity contribution in [3.63, 3.8) is 0 Å². The normalized spacial score (nSPS) is 18.1. The summed E-state index contributed by atoms with van der Waals surface area (Å²) in [5.41, 5.74) is 5.17. The molecule has 4 aromatic rings. The number of aliphatic hydroxyl groups excluding tert-OH is 1. The summed E-state index contributed by atoms with van der Waals surface area (Å²) in [5, 5.41) is 19.3. The first-order chi connectivity index (χ1) is 17.8. The third-order valence-electron chi connectivity index (χ3n) is 6.55. The Hall–Kier alpha value is -3.70. The van der Waals surface area contributed by atoms with Crippen LogP contribution in [0, 0.1) is 6.92 Å². The number of aliphatic hydroxyl groups is 1. The second kappa shape index (κ2) is 9.98. The minimum Gasteiger partial charge on any atom is -0.476 e. The number of rotatable bonds is 4. The molecule has 5 rings (SSSR count). The topological polar surface area (TPSA) is 108 Å². The van der Waals surface area contributed by atoms with Crippen molar-refractivity contribution in [2.75, 3.05) is 26.8 Å². The van der Waals surface area contributed by atoms with Gasteiger partial charge in [0.05, 0.1) is 65.4 Å². The van der Waals surface area contributed by atoms with Gasteiger partial charge in [0.2, 0.25) is 11.8 Å². The van der Waals surface area contributed by atoms with Crippen molar-refractivity contribution >= 4 is 17.7 Å². The van der Waals surface area contributed by atoms with Gasteiger partial charge in [-0.05, 0) is 46.9 Å². The summed E-state index contributed by atoms with van der Waals surface area (Å²) in [6.45, 7) is 9.59. The molecule has 5 heterocycles. The molecule has 37 heavy (non-hydrogen) atoms. The Morgan fingerprint density at radius 1 is 1.19 bits per heavy atom. The second-order valence-electron chi connectivity index (χ2n) is 9.61. The van der Waals surface area contributed by atoms with Crippen LogP contribution in [0.25, 0.3) is 28.9 Å². The molecule has 11 nitrogen and oxygen atoms in total. The van der Waals surface area contributed by atoms with Gasteiger partial charge in [-0.2, -0.15) is 5.10 Å². The van der Waals surface area contributed by atoms with Crippen molar-refractivity contribution in [1.82, 2.24) is 38.8 Å². The van der Waals surface area contributed by atoms with Gasteiger partial charge in [0, 0.05) is 26.3 Å². The molecule has 0 fully saturated rings. The molecule has 0 amide bonds. The van der Waals surface area contributed by atoms with Gasteiger partial charge in [0.25, 0.3) is 0 Å². The van der Waals surface area contributed by atoms with E-state index in [-0.39, 0.29) is 18.8 Å². The lowest BCUT2D eigenvalue weighted by molar-refractivity contribution is 0.145. The largest absolute Gasteiger partial charge is 0.476 e. The SMILES string of the molecule is CCOc1nn([C@@H](C)CO)c2c1/C=C/c1ncc3cnc(cn13)-c1c(C)nn(C)c1O[C@@H](C)CN(C)C2. The molecule has 11 heteroatoms. The lowest BCUT2D eigenvalue weighted by Crippen LogP contribution is -2.32. The monoisotopic (exact) mass is 506 g/mol. The highest BCUT2D eigenvalue weighted by Crippen LogP contribution is 2.33. The van der Waals surface area contributed by atoms with E-state index in [0.29, 0.717) is 31.5 Å². The Balaban J connectivity index is 1.72. The fraction of sp³-hybridized carbons (Fsp3) is 0.462. The van der Waals surface area contributed by atoms with Crippen LogP contribution >= 0.6 is 0 Å². The zero-order chi connectivity index (χ0) is 26.3. The van der Waals surface area contributed by atoms with E-state index in [4.69, 9.17) is 19.6 Å². The van der Waals surface area contributed by atoms with E-state index in [1.807, 2.05) is 75.4 Å². The number of hydrogen-bond donors (Lipinski definition) is 1. The molecule has 0 unspecified atom stereocenters. The lowest BCUT2D eigenvalue weighted by atomic mass is 10.2. The molecule has 0 aromatic carbocycles. The van der Waals surface area contributed by atoms with Crippen molar-refractivity contribution in [1.29, 1.82) is 0 Å². The van der Waals surface area contributed by atoms with Crippen molar-refractivity contribution in [3.8, 4) is 23.0 Å². The molecule has 0 saturated carbocycles. The number of hydrogen-bond acceptors (Lipinski definition) is 8. The van der Waals surface area contributed by atoms with Crippen LogP contribution in [0.1, 0.15) is 49.6 Å². The summed E-state index contributed by atoms with van der Waals surface area (Å²) < 4.78 is 18.0. The highest BCUT2D eigenvalue weighted by molar-refractivity contribution is 5.73. The average Bonchev–Trinajstić information content (AvgIpc) is 3.50. The van der Waals surface area contributed by atoms with E-state index in [2.05, 4.69) is 15.0 Å². The Labute approximate surface area is 216 Å². The van der Waals surface area contributed by atoms with Crippen molar-refractivity contribution in [2.45, 2.75) is 46.4 Å². The fourth-order valence-electron chi connectivity index (χ4n) is 4.85. The molecule has 2 bridgehead atoms. The summed E-state index contributed by atoms with van der Waals surface area (Å²) in [6, 6.07) is -0.207. The predicted molar refractivity (Wildman–Crippen MR) is 140 cm³/mol.